The van der Waals surface area contributed by atoms with E-state index in [1.807, 2.05) is 0 Å². The van der Waals surface area contributed by atoms with Gasteiger partial charge in [-0.3, -0.25) is 0 Å². The van der Waals surface area contributed by atoms with E-state index >= 15 is 0 Å². The van der Waals surface area contributed by atoms with Crippen LogP contribution in [0.4, 0.5) is 17.1 Å². The molecule has 0 heterocycles. The topological polar surface area (TPSA) is 3.24 Å². The summed E-state index contributed by atoms with van der Waals surface area (Å²) < 4.78 is 0. The van der Waals surface area contributed by atoms with Crippen LogP contribution in [0, 0.1) is 0 Å². The number of nitrogens with zero attached hydrogens (tertiary/aromatic N) is 1. The van der Waals surface area contributed by atoms with Crippen LogP contribution in [-0.2, 0) is 10.8 Å². The summed E-state index contributed by atoms with van der Waals surface area (Å²) >= 11 is 0. The first-order chi connectivity index (χ1) is 33.0. The predicted octanol–water partition coefficient (Wildman–Crippen LogP) is 17.4. The van der Waals surface area contributed by atoms with Crippen LogP contribution in [0.3, 0.4) is 0 Å². The number of hydrogen-bond acceptors (Lipinski definition) is 1. The zero-order valence-corrected chi connectivity index (χ0v) is 37.3. The Morgan fingerprint density at radius 1 is 0.299 bits per heavy atom. The number of fused-ring (bicyclic) bond motifs is 18. The summed E-state index contributed by atoms with van der Waals surface area (Å²) in [4.78, 5) is 2.44. The molecule has 0 fully saturated rings. The van der Waals surface area contributed by atoms with Crippen molar-refractivity contribution in [3.8, 4) is 66.8 Å². The summed E-state index contributed by atoms with van der Waals surface area (Å²) in [5.41, 5.74) is 26.8. The normalized spacial score (nSPS) is 15.8. The van der Waals surface area contributed by atoms with Crippen molar-refractivity contribution in [3.63, 3.8) is 0 Å². The van der Waals surface area contributed by atoms with Crippen molar-refractivity contribution in [2.45, 2.75) is 24.7 Å². The molecule has 15 rings (SSSR count). The molecule has 11 aromatic carbocycles. The van der Waals surface area contributed by atoms with Crippen molar-refractivity contribution >= 4 is 38.6 Å². The average molecular weight is 850 g/mol. The van der Waals surface area contributed by atoms with Gasteiger partial charge in [0.25, 0.3) is 0 Å². The lowest BCUT2D eigenvalue weighted by Gasteiger charge is -2.31. The van der Waals surface area contributed by atoms with Gasteiger partial charge in [0.15, 0.2) is 0 Å². The van der Waals surface area contributed by atoms with Crippen molar-refractivity contribution in [2.75, 3.05) is 4.90 Å². The summed E-state index contributed by atoms with van der Waals surface area (Å²) in [5.74, 6) is 0. The summed E-state index contributed by atoms with van der Waals surface area (Å²) in [6, 6.07) is 85.0. The number of rotatable bonds is 4. The first-order valence-corrected chi connectivity index (χ1v) is 23.7. The summed E-state index contributed by atoms with van der Waals surface area (Å²) in [6.45, 7) is 4.73. The smallest absolute Gasteiger partial charge is 0.0726 e. The Labute approximate surface area is 390 Å². The fourth-order valence-corrected chi connectivity index (χ4v) is 13.1. The van der Waals surface area contributed by atoms with E-state index in [2.05, 4.69) is 243 Å². The second kappa shape index (κ2) is 13.2. The van der Waals surface area contributed by atoms with Gasteiger partial charge in [-0.25, -0.2) is 0 Å². The average Bonchev–Trinajstić information content (AvgIpc) is 4.05. The largest absolute Gasteiger partial charge is 0.310 e. The van der Waals surface area contributed by atoms with Gasteiger partial charge >= 0.3 is 0 Å². The Morgan fingerprint density at radius 2 is 0.836 bits per heavy atom. The van der Waals surface area contributed by atoms with E-state index < -0.39 is 5.41 Å². The highest BCUT2D eigenvalue weighted by Gasteiger charge is 2.52. The highest BCUT2D eigenvalue weighted by atomic mass is 15.1. The van der Waals surface area contributed by atoms with Gasteiger partial charge < -0.3 is 4.90 Å². The molecule has 11 aromatic rings. The van der Waals surface area contributed by atoms with Crippen molar-refractivity contribution in [1.82, 2.24) is 0 Å². The van der Waals surface area contributed by atoms with Crippen molar-refractivity contribution in [1.29, 1.82) is 0 Å². The quantitative estimate of drug-likeness (QED) is 0.171. The number of anilines is 3. The van der Waals surface area contributed by atoms with E-state index in [4.69, 9.17) is 0 Å². The highest BCUT2D eigenvalue weighted by molar-refractivity contribution is 6.21. The molecule has 1 unspecified atom stereocenters. The van der Waals surface area contributed by atoms with Gasteiger partial charge in [0.2, 0.25) is 0 Å². The Kier molecular flexibility index (Phi) is 7.28. The van der Waals surface area contributed by atoms with Crippen molar-refractivity contribution in [3.05, 3.63) is 258 Å². The second-order valence-electron chi connectivity index (χ2n) is 19.5. The minimum Gasteiger partial charge on any atom is -0.310 e. The van der Waals surface area contributed by atoms with Crippen LogP contribution in [0.15, 0.2) is 224 Å². The first-order valence-electron chi connectivity index (χ1n) is 23.7. The minimum atomic E-state index is -0.472. The van der Waals surface area contributed by atoms with Gasteiger partial charge in [-0.2, -0.15) is 0 Å². The minimum absolute atomic E-state index is 0.107. The Balaban J connectivity index is 0.904. The van der Waals surface area contributed by atoms with Crippen molar-refractivity contribution < 1.29 is 0 Å². The lowest BCUT2D eigenvalue weighted by molar-refractivity contribution is 0.660. The van der Waals surface area contributed by atoms with Crippen LogP contribution in [0.5, 0.6) is 0 Å². The third kappa shape index (κ3) is 4.78. The van der Waals surface area contributed by atoms with Crippen LogP contribution in [0.25, 0.3) is 88.3 Å². The Bertz CT molecular complexity index is 3960. The molecule has 0 saturated carbocycles. The molecule has 0 bridgehead atoms. The molecule has 1 nitrogen and oxygen atoms in total. The lowest BCUT2D eigenvalue weighted by atomic mass is 9.69. The zero-order chi connectivity index (χ0) is 44.2. The van der Waals surface area contributed by atoms with Crippen LogP contribution < -0.4 is 4.90 Å². The van der Waals surface area contributed by atoms with Crippen molar-refractivity contribution in [2.24, 2.45) is 0 Å². The molecule has 1 atom stereocenters. The molecule has 1 spiro atoms. The number of hydrogen-bond donors (Lipinski definition) is 0. The molecule has 1 heteroatoms. The van der Waals surface area contributed by atoms with E-state index in [9.17, 15) is 0 Å². The number of benzene rings is 11. The van der Waals surface area contributed by atoms with E-state index in [1.54, 1.807) is 0 Å². The lowest BCUT2D eigenvalue weighted by Crippen LogP contribution is -2.26. The molecule has 0 aliphatic heterocycles. The SMILES string of the molecule is CC1(C)c2ccccc2-c2ccc(N(c3ccc(-c4ccc5c(c4)C4(c6ccccc6-5)c5ccccc5-c5c4cc4c6c(cccc56)-c5ccccc5-4)cc3)c3ccc4ccccc4c3)cc21. The van der Waals surface area contributed by atoms with Gasteiger partial charge in [0.05, 0.1) is 5.41 Å². The van der Waals surface area contributed by atoms with Gasteiger partial charge in [-0.1, -0.05) is 190 Å². The van der Waals surface area contributed by atoms with E-state index in [1.165, 1.54) is 122 Å². The Hall–Kier alpha value is -8.26. The van der Waals surface area contributed by atoms with Gasteiger partial charge in [0.1, 0.15) is 0 Å². The molecule has 0 N–H and O–H groups in total. The first kappa shape index (κ1) is 37.0. The molecule has 0 aromatic heterocycles. The molecular weight excluding hydrogens is 807 g/mol. The standard InChI is InChI=1S/C66H43N/c1-65(2)57-23-10-7-18-49(57)51-35-33-46(38-60(51)65)67(45-32-28-40-14-3-4-15-42(40)36-45)44-30-26-41(27-31-44)43-29-34-52-50-19-8-11-24-58(50)66(61(52)37-43)59-25-12-9-20-54(59)64-55-22-13-21-53-47-16-5-6-17-48(47)56(63(53)55)39-62(64)66/h3-39H,1-2H3. The summed E-state index contributed by atoms with van der Waals surface area (Å²) in [6.07, 6.45) is 0. The Morgan fingerprint density at radius 3 is 1.63 bits per heavy atom. The molecule has 4 aliphatic rings. The maximum absolute atomic E-state index is 2.57. The maximum atomic E-state index is 2.57. The molecule has 312 valence electrons. The third-order valence-corrected chi connectivity index (χ3v) is 16.0. The van der Waals surface area contributed by atoms with E-state index in [0.717, 1.165) is 17.1 Å². The maximum Gasteiger partial charge on any atom is 0.0726 e. The summed E-state index contributed by atoms with van der Waals surface area (Å²) in [7, 11) is 0. The fourth-order valence-electron chi connectivity index (χ4n) is 13.1. The van der Waals surface area contributed by atoms with Gasteiger partial charge in [0, 0.05) is 22.5 Å². The van der Waals surface area contributed by atoms with Crippen LogP contribution in [0.2, 0.25) is 0 Å². The van der Waals surface area contributed by atoms with Crippen LogP contribution >= 0.6 is 0 Å². The van der Waals surface area contributed by atoms with Crippen LogP contribution in [-0.4, -0.2) is 0 Å². The van der Waals surface area contributed by atoms with Crippen LogP contribution in [0.1, 0.15) is 47.2 Å². The molecule has 67 heavy (non-hydrogen) atoms. The third-order valence-electron chi connectivity index (χ3n) is 16.0. The predicted molar refractivity (Wildman–Crippen MR) is 280 cm³/mol. The summed E-state index contributed by atoms with van der Waals surface area (Å²) in [5, 5.41) is 5.18. The molecule has 0 amide bonds. The van der Waals surface area contributed by atoms with E-state index in [0.29, 0.717) is 0 Å². The molecular formula is C66H43N. The monoisotopic (exact) mass is 849 g/mol. The molecule has 4 aliphatic carbocycles. The highest BCUT2D eigenvalue weighted by Crippen LogP contribution is 2.66. The van der Waals surface area contributed by atoms with Gasteiger partial charge in [-0.05, 0) is 170 Å². The zero-order valence-electron chi connectivity index (χ0n) is 37.3. The molecule has 0 radical (unpaired) electrons. The second-order valence-corrected chi connectivity index (χ2v) is 19.5. The molecule has 0 saturated heterocycles. The van der Waals surface area contributed by atoms with E-state index in [-0.39, 0.29) is 5.41 Å². The fraction of sp³-hybridized carbons (Fsp3) is 0.0606. The van der Waals surface area contributed by atoms with Gasteiger partial charge in [-0.15, -0.1) is 0 Å².